The molecule has 6 nitrogen and oxygen atoms in total. The summed E-state index contributed by atoms with van der Waals surface area (Å²) in [5.74, 6) is -0.292. The van der Waals surface area contributed by atoms with E-state index in [0.29, 0.717) is 11.3 Å². The van der Waals surface area contributed by atoms with E-state index in [4.69, 9.17) is 0 Å². The van der Waals surface area contributed by atoms with Gasteiger partial charge in [-0.2, -0.15) is 0 Å². The third kappa shape index (κ3) is 2.33. The fourth-order valence-corrected chi connectivity index (χ4v) is 2.81. The number of anilines is 1. The second-order valence-corrected chi connectivity index (χ2v) is 4.94. The second kappa shape index (κ2) is 4.79. The van der Waals surface area contributed by atoms with E-state index in [1.54, 1.807) is 6.07 Å². The number of nitrogens with one attached hydrogen (secondary N) is 2. The molecular weight excluding hydrogens is 311 g/mol. The number of hydrogen-bond donors (Lipinski definition) is 2. The molecule has 7 heteroatoms. The van der Waals surface area contributed by atoms with Crippen LogP contribution < -0.4 is 10.9 Å². The summed E-state index contributed by atoms with van der Waals surface area (Å²) in [5.41, 5.74) is 2.31. The number of hydrogen-bond acceptors (Lipinski definition) is 4. The second-order valence-electron chi connectivity index (χ2n) is 3.83. The van der Waals surface area contributed by atoms with Crippen molar-refractivity contribution in [2.45, 2.75) is 0 Å². The van der Waals surface area contributed by atoms with E-state index in [-0.39, 0.29) is 26.0 Å². The van der Waals surface area contributed by atoms with Crippen molar-refractivity contribution >= 4 is 37.5 Å². The summed E-state index contributed by atoms with van der Waals surface area (Å²) in [6.07, 6.45) is 1.38. The number of nitrogens with zero attached hydrogens (tertiary/aromatic N) is 2. The molecule has 3 rings (SSSR count). The van der Waals surface area contributed by atoms with Crippen LogP contribution in [-0.2, 0) is 0 Å². The molecule has 1 aliphatic heterocycles. The van der Waals surface area contributed by atoms with Crippen LogP contribution in [0.1, 0.15) is 10.4 Å². The van der Waals surface area contributed by atoms with Gasteiger partial charge in [0.25, 0.3) is 0 Å². The summed E-state index contributed by atoms with van der Waals surface area (Å²) in [6, 6.07) is 8.25. The Labute approximate surface area is 113 Å². The van der Waals surface area contributed by atoms with Gasteiger partial charge in [-0.05, 0) is 0 Å². The Morgan fingerprint density at radius 1 is 1.21 bits per heavy atom. The first-order valence-electron chi connectivity index (χ1n) is 5.45. The van der Waals surface area contributed by atoms with Crippen LogP contribution in [0.4, 0.5) is 17.1 Å². The number of aromatic nitrogens is 1. The molecule has 0 fully saturated rings. The third-order valence-corrected chi connectivity index (χ3v) is 3.72. The Morgan fingerprint density at radius 2 is 2.11 bits per heavy atom. The fourth-order valence-electron chi connectivity index (χ4n) is 1.65. The van der Waals surface area contributed by atoms with Gasteiger partial charge in [0.1, 0.15) is 0 Å². The van der Waals surface area contributed by atoms with Gasteiger partial charge in [-0.3, -0.25) is 0 Å². The Kier molecular flexibility index (Phi) is 2.98. The van der Waals surface area contributed by atoms with Crippen molar-refractivity contribution < 1.29 is 4.79 Å². The average molecular weight is 319 g/mol. The van der Waals surface area contributed by atoms with E-state index in [2.05, 4.69) is 18.2 Å². The van der Waals surface area contributed by atoms with Crippen molar-refractivity contribution in [3.63, 3.8) is 0 Å². The van der Waals surface area contributed by atoms with Crippen LogP contribution in [0.5, 0.6) is 0 Å². The first-order valence-corrected chi connectivity index (χ1v) is 6.98. The van der Waals surface area contributed by atoms with Crippen molar-refractivity contribution in [2.75, 3.05) is 5.32 Å². The number of fused-ring (bicyclic) bond motifs is 1. The van der Waals surface area contributed by atoms with Gasteiger partial charge in [-0.1, -0.05) is 0 Å². The van der Waals surface area contributed by atoms with Crippen molar-refractivity contribution in [1.29, 1.82) is 0 Å². The summed E-state index contributed by atoms with van der Waals surface area (Å²) in [7, 11) is 0. The molecule has 0 atom stereocenters. The Bertz CT molecular complexity index is 770. The average Bonchev–Trinajstić information content (AvgIpc) is 2.89. The standard InChI is InChI=1S/C12H8N4O2Se/c17-10-5-4-7(6-13-10)12(18)14-8-2-1-3-9-11(8)16-19-15-9/h1-6H,(H,13,17)(H,14,18). The molecule has 2 heterocycles. The van der Waals surface area contributed by atoms with Crippen LogP contribution in [0.2, 0.25) is 0 Å². The number of benzene rings is 1. The zero-order valence-corrected chi connectivity index (χ0v) is 11.3. The molecule has 2 aromatic rings. The van der Waals surface area contributed by atoms with Gasteiger partial charge in [0.15, 0.2) is 0 Å². The molecular formula is C12H8N4O2Se. The molecule has 1 aliphatic rings. The van der Waals surface area contributed by atoms with Gasteiger partial charge in [-0.25, -0.2) is 0 Å². The molecule has 1 aromatic heterocycles. The van der Waals surface area contributed by atoms with Crippen molar-refractivity contribution in [2.24, 2.45) is 7.92 Å². The van der Waals surface area contributed by atoms with E-state index in [9.17, 15) is 9.59 Å². The van der Waals surface area contributed by atoms with Gasteiger partial charge in [0, 0.05) is 0 Å². The van der Waals surface area contributed by atoms with Crippen LogP contribution >= 0.6 is 0 Å². The summed E-state index contributed by atoms with van der Waals surface area (Å²) in [6.45, 7) is 0. The summed E-state index contributed by atoms with van der Waals surface area (Å²) in [5, 5.41) is 2.77. The number of pyridine rings is 1. The van der Waals surface area contributed by atoms with Gasteiger partial charge in [0.2, 0.25) is 0 Å². The molecule has 2 N–H and O–H groups in total. The molecule has 1 aromatic carbocycles. The molecule has 0 bridgehead atoms. The number of carbonyl (C=O) groups excluding carboxylic acids is 1. The summed E-state index contributed by atoms with van der Waals surface area (Å²) >= 11 is -0.138. The number of carbonyl (C=O) groups is 1. The van der Waals surface area contributed by atoms with Crippen molar-refractivity contribution in [1.82, 2.24) is 4.98 Å². The Morgan fingerprint density at radius 3 is 2.89 bits per heavy atom. The van der Waals surface area contributed by atoms with E-state index in [0.717, 1.165) is 11.4 Å². The van der Waals surface area contributed by atoms with E-state index < -0.39 is 0 Å². The molecule has 0 aliphatic carbocycles. The SMILES string of the molecule is O=C(Nc1cccc2c1N=[Se]=N2)c1ccc(=O)[nH]c1. The molecule has 0 radical (unpaired) electrons. The van der Waals surface area contributed by atoms with E-state index in [1.807, 2.05) is 12.1 Å². The zero-order chi connectivity index (χ0) is 13.2. The number of H-pyrrole nitrogens is 1. The minimum atomic E-state index is -0.292. The summed E-state index contributed by atoms with van der Waals surface area (Å²) < 4.78 is 8.53. The quantitative estimate of drug-likeness (QED) is 0.708. The number of amides is 1. The molecule has 1 amide bonds. The van der Waals surface area contributed by atoms with Crippen molar-refractivity contribution in [3.8, 4) is 0 Å². The topological polar surface area (TPSA) is 86.7 Å². The van der Waals surface area contributed by atoms with Crippen LogP contribution in [0, 0.1) is 0 Å². The van der Waals surface area contributed by atoms with Gasteiger partial charge < -0.3 is 0 Å². The number of aromatic amines is 1. The Balaban J connectivity index is 1.88. The first-order chi connectivity index (χ1) is 9.24. The molecule has 0 saturated heterocycles. The van der Waals surface area contributed by atoms with Crippen LogP contribution in [-0.4, -0.2) is 25.5 Å². The molecule has 94 valence electrons. The minimum absolute atomic E-state index is 0.138. The predicted molar refractivity (Wildman–Crippen MR) is 71.4 cm³/mol. The van der Waals surface area contributed by atoms with Gasteiger partial charge >= 0.3 is 113 Å². The van der Waals surface area contributed by atoms with Crippen LogP contribution in [0.25, 0.3) is 0 Å². The maximum absolute atomic E-state index is 12.0. The maximum atomic E-state index is 12.0. The van der Waals surface area contributed by atoms with E-state index in [1.165, 1.54) is 18.3 Å². The zero-order valence-electron chi connectivity index (χ0n) is 9.58. The number of rotatable bonds is 2. The molecule has 0 unspecified atom stereocenters. The van der Waals surface area contributed by atoms with E-state index >= 15 is 0 Å². The van der Waals surface area contributed by atoms with Gasteiger partial charge in [0.05, 0.1) is 0 Å². The molecule has 0 spiro atoms. The molecule has 19 heavy (non-hydrogen) atoms. The van der Waals surface area contributed by atoms with Crippen LogP contribution in [0.15, 0.2) is 49.2 Å². The predicted octanol–water partition coefficient (Wildman–Crippen LogP) is 1.98. The summed E-state index contributed by atoms with van der Waals surface area (Å²) in [4.78, 5) is 25.4. The fraction of sp³-hybridized carbons (Fsp3) is 0. The first kappa shape index (κ1) is 11.8. The van der Waals surface area contributed by atoms with Gasteiger partial charge in [-0.15, -0.1) is 0 Å². The monoisotopic (exact) mass is 320 g/mol. The Hall–Kier alpha value is -2.24. The normalized spacial score (nSPS) is 11.8. The molecule has 0 saturated carbocycles. The van der Waals surface area contributed by atoms with Crippen LogP contribution in [0.3, 0.4) is 0 Å². The third-order valence-electron chi connectivity index (χ3n) is 2.58. The van der Waals surface area contributed by atoms with Crippen molar-refractivity contribution in [3.05, 3.63) is 52.4 Å².